The third-order valence-electron chi connectivity index (χ3n) is 1.89. The summed E-state index contributed by atoms with van der Waals surface area (Å²) in [5.74, 6) is 1.08. The van der Waals surface area contributed by atoms with E-state index in [2.05, 4.69) is 19.9 Å². The van der Waals surface area contributed by atoms with Crippen molar-refractivity contribution < 1.29 is 4.42 Å². The summed E-state index contributed by atoms with van der Waals surface area (Å²) in [6, 6.07) is 3.75. The fourth-order valence-corrected chi connectivity index (χ4v) is 1.29. The van der Waals surface area contributed by atoms with Crippen LogP contribution in [0, 0.1) is 0 Å². The van der Waals surface area contributed by atoms with Crippen LogP contribution in [0.3, 0.4) is 0 Å². The van der Waals surface area contributed by atoms with Crippen molar-refractivity contribution in [1.29, 1.82) is 0 Å². The zero-order chi connectivity index (χ0) is 9.38. The van der Waals surface area contributed by atoms with Crippen LogP contribution >= 0.6 is 0 Å². The summed E-state index contributed by atoms with van der Waals surface area (Å²) >= 11 is 0. The molecule has 0 saturated carbocycles. The molecule has 3 aromatic rings. The lowest BCUT2D eigenvalue weighted by Gasteiger charge is -1.83. The summed E-state index contributed by atoms with van der Waals surface area (Å²) in [6.45, 7) is 0. The van der Waals surface area contributed by atoms with Crippen LogP contribution in [0.25, 0.3) is 22.9 Å². The minimum absolute atomic E-state index is 0.475. The van der Waals surface area contributed by atoms with Crippen molar-refractivity contribution >= 4 is 11.2 Å². The molecule has 5 heteroatoms. The summed E-state index contributed by atoms with van der Waals surface area (Å²) in [5.41, 5.74) is 1.54. The molecule has 14 heavy (non-hydrogen) atoms. The van der Waals surface area contributed by atoms with Gasteiger partial charge in [0.05, 0.1) is 11.7 Å². The first-order chi connectivity index (χ1) is 6.93. The fourth-order valence-electron chi connectivity index (χ4n) is 1.29. The average molecular weight is 186 g/mol. The Bertz CT molecular complexity index is 522. The van der Waals surface area contributed by atoms with Gasteiger partial charge in [-0.3, -0.25) is 0 Å². The molecule has 0 radical (unpaired) electrons. The van der Waals surface area contributed by atoms with Gasteiger partial charge in [-0.25, -0.2) is 15.0 Å². The van der Waals surface area contributed by atoms with E-state index in [1.54, 1.807) is 12.4 Å². The zero-order valence-corrected chi connectivity index (χ0v) is 7.14. The van der Waals surface area contributed by atoms with Gasteiger partial charge < -0.3 is 9.40 Å². The molecule has 5 nitrogen and oxygen atoms in total. The summed E-state index contributed by atoms with van der Waals surface area (Å²) in [5, 5.41) is 0. The van der Waals surface area contributed by atoms with Crippen LogP contribution in [0.2, 0.25) is 0 Å². The van der Waals surface area contributed by atoms with E-state index >= 15 is 0 Å². The van der Waals surface area contributed by atoms with Gasteiger partial charge in [0.15, 0.2) is 11.5 Å². The number of nitrogens with one attached hydrogen (secondary N) is 1. The molecule has 0 aliphatic rings. The molecule has 0 aliphatic carbocycles. The molecule has 3 rings (SSSR count). The maximum atomic E-state index is 5.12. The molecule has 0 saturated heterocycles. The first kappa shape index (κ1) is 7.25. The lowest BCUT2D eigenvalue weighted by Crippen LogP contribution is -1.78. The van der Waals surface area contributed by atoms with Gasteiger partial charge >= 0.3 is 0 Å². The number of aromatic amines is 1. The molecule has 0 fully saturated rings. The number of rotatable bonds is 1. The van der Waals surface area contributed by atoms with Crippen molar-refractivity contribution in [2.75, 3.05) is 0 Å². The fraction of sp³-hybridized carbons (Fsp3) is 0. The summed E-state index contributed by atoms with van der Waals surface area (Å²) < 4.78 is 5.12. The SMILES string of the molecule is c1cnc2nc(-c3ncco3)[nH]c2c1. The molecule has 0 aliphatic heterocycles. The van der Waals surface area contributed by atoms with Crippen molar-refractivity contribution in [2.45, 2.75) is 0 Å². The van der Waals surface area contributed by atoms with E-state index < -0.39 is 0 Å². The number of aromatic nitrogens is 4. The number of hydrogen-bond donors (Lipinski definition) is 1. The molecule has 3 aromatic heterocycles. The molecule has 1 N–H and O–H groups in total. The van der Waals surface area contributed by atoms with Crippen molar-refractivity contribution in [3.05, 3.63) is 30.8 Å². The second kappa shape index (κ2) is 2.66. The largest absolute Gasteiger partial charge is 0.442 e. The van der Waals surface area contributed by atoms with Crippen molar-refractivity contribution in [1.82, 2.24) is 19.9 Å². The Morgan fingerprint density at radius 2 is 2.21 bits per heavy atom. The lowest BCUT2D eigenvalue weighted by atomic mass is 10.4. The standard InChI is InChI=1S/C9H6N4O/c1-2-6-7(10-3-1)13-8(12-6)9-11-4-5-14-9/h1-5H,(H,10,12,13). The van der Waals surface area contributed by atoms with E-state index in [4.69, 9.17) is 4.42 Å². The zero-order valence-electron chi connectivity index (χ0n) is 7.14. The highest BCUT2D eigenvalue weighted by atomic mass is 16.3. The summed E-state index contributed by atoms with van der Waals surface area (Å²) in [4.78, 5) is 15.4. The third-order valence-corrected chi connectivity index (χ3v) is 1.89. The van der Waals surface area contributed by atoms with Crippen LogP contribution in [0.5, 0.6) is 0 Å². The van der Waals surface area contributed by atoms with Crippen LogP contribution in [0.15, 0.2) is 35.2 Å². The van der Waals surface area contributed by atoms with E-state index in [0.29, 0.717) is 17.4 Å². The van der Waals surface area contributed by atoms with E-state index in [-0.39, 0.29) is 0 Å². The Morgan fingerprint density at radius 1 is 1.21 bits per heavy atom. The smallest absolute Gasteiger partial charge is 0.262 e. The Balaban J connectivity index is 2.24. The second-order valence-electron chi connectivity index (χ2n) is 2.80. The monoisotopic (exact) mass is 186 g/mol. The van der Waals surface area contributed by atoms with E-state index in [1.165, 1.54) is 6.26 Å². The molecule has 68 valence electrons. The van der Waals surface area contributed by atoms with Crippen LogP contribution in [-0.4, -0.2) is 19.9 Å². The molecule has 0 atom stereocenters. The van der Waals surface area contributed by atoms with E-state index in [1.807, 2.05) is 12.1 Å². The first-order valence-corrected chi connectivity index (χ1v) is 4.14. The number of imidazole rings is 1. The highest BCUT2D eigenvalue weighted by Gasteiger charge is 2.08. The summed E-state index contributed by atoms with van der Waals surface area (Å²) in [6.07, 6.45) is 4.79. The van der Waals surface area contributed by atoms with Gasteiger partial charge in [-0.15, -0.1) is 0 Å². The number of nitrogens with zero attached hydrogens (tertiary/aromatic N) is 3. The Labute approximate surface area is 78.8 Å². The van der Waals surface area contributed by atoms with E-state index in [9.17, 15) is 0 Å². The topological polar surface area (TPSA) is 67.6 Å². The van der Waals surface area contributed by atoms with E-state index in [0.717, 1.165) is 5.52 Å². The highest BCUT2D eigenvalue weighted by Crippen LogP contribution is 2.16. The maximum absolute atomic E-state index is 5.12. The Morgan fingerprint density at radius 3 is 3.00 bits per heavy atom. The maximum Gasteiger partial charge on any atom is 0.262 e. The van der Waals surface area contributed by atoms with Crippen LogP contribution in [0.1, 0.15) is 0 Å². The van der Waals surface area contributed by atoms with Crippen molar-refractivity contribution in [3.63, 3.8) is 0 Å². The predicted octanol–water partition coefficient (Wildman–Crippen LogP) is 1.61. The van der Waals surface area contributed by atoms with Crippen molar-refractivity contribution in [2.24, 2.45) is 0 Å². The summed E-state index contributed by atoms with van der Waals surface area (Å²) in [7, 11) is 0. The molecule has 0 spiro atoms. The quantitative estimate of drug-likeness (QED) is 0.626. The number of pyridine rings is 1. The average Bonchev–Trinajstić information content (AvgIpc) is 2.86. The molecular formula is C9H6N4O. The van der Waals surface area contributed by atoms with Gasteiger partial charge in [0.2, 0.25) is 0 Å². The van der Waals surface area contributed by atoms with Crippen LogP contribution in [0.4, 0.5) is 0 Å². The molecule has 3 heterocycles. The predicted molar refractivity (Wildman–Crippen MR) is 49.4 cm³/mol. The Hall–Kier alpha value is -2.17. The van der Waals surface area contributed by atoms with Gasteiger partial charge in [0.1, 0.15) is 6.26 Å². The lowest BCUT2D eigenvalue weighted by molar-refractivity contribution is 0.570. The minimum atomic E-state index is 0.475. The molecule has 0 unspecified atom stereocenters. The number of hydrogen-bond acceptors (Lipinski definition) is 4. The van der Waals surface area contributed by atoms with Gasteiger partial charge in [-0.2, -0.15) is 0 Å². The highest BCUT2D eigenvalue weighted by molar-refractivity contribution is 5.73. The first-order valence-electron chi connectivity index (χ1n) is 4.14. The van der Waals surface area contributed by atoms with Gasteiger partial charge in [-0.1, -0.05) is 0 Å². The van der Waals surface area contributed by atoms with Crippen LogP contribution < -0.4 is 0 Å². The third kappa shape index (κ3) is 0.990. The van der Waals surface area contributed by atoms with Gasteiger partial charge in [0.25, 0.3) is 5.89 Å². The van der Waals surface area contributed by atoms with Gasteiger partial charge in [0, 0.05) is 6.20 Å². The number of fused-ring (bicyclic) bond motifs is 1. The molecule has 0 bridgehead atoms. The second-order valence-corrected chi connectivity index (χ2v) is 2.80. The molecule has 0 aromatic carbocycles. The molecular weight excluding hydrogens is 180 g/mol. The van der Waals surface area contributed by atoms with Crippen LogP contribution in [-0.2, 0) is 0 Å². The Kier molecular flexibility index (Phi) is 1.38. The van der Waals surface area contributed by atoms with Crippen molar-refractivity contribution in [3.8, 4) is 11.7 Å². The number of oxazole rings is 1. The number of H-pyrrole nitrogens is 1. The van der Waals surface area contributed by atoms with Gasteiger partial charge in [-0.05, 0) is 12.1 Å². The molecule has 0 amide bonds. The normalized spacial score (nSPS) is 10.9. The minimum Gasteiger partial charge on any atom is -0.442 e.